The van der Waals surface area contributed by atoms with E-state index in [2.05, 4.69) is 11.4 Å². The molecule has 1 aromatic rings. The van der Waals surface area contributed by atoms with Gasteiger partial charge in [0.25, 0.3) is 0 Å². The van der Waals surface area contributed by atoms with E-state index < -0.39 is 11.6 Å². The molecule has 0 amide bonds. The number of hydrogen-bond acceptors (Lipinski definition) is 2. The van der Waals surface area contributed by atoms with Gasteiger partial charge in [0.1, 0.15) is 12.8 Å². The van der Waals surface area contributed by atoms with Crippen molar-refractivity contribution in [1.82, 2.24) is 0 Å². The third-order valence-corrected chi connectivity index (χ3v) is 2.66. The van der Waals surface area contributed by atoms with E-state index in [9.17, 15) is 8.78 Å². The Morgan fingerprint density at radius 3 is 2.88 bits per heavy atom. The molecule has 0 aliphatic heterocycles. The molecule has 85 valence electrons. The van der Waals surface area contributed by atoms with Gasteiger partial charge in [0.05, 0.1) is 0 Å². The number of nitrogens with zero attached hydrogens (tertiary/aromatic N) is 1. The largest absolute Gasteiger partial charge is 0.391 e. The maximum absolute atomic E-state index is 13.1. The zero-order valence-corrected chi connectivity index (χ0v) is 8.75. The monoisotopic (exact) mass is 224 g/mol. The lowest BCUT2D eigenvalue weighted by molar-refractivity contribution is 0.126. The van der Waals surface area contributed by atoms with Crippen LogP contribution in [-0.4, -0.2) is 6.21 Å². The molecule has 2 rings (SSSR count). The van der Waals surface area contributed by atoms with Gasteiger partial charge in [-0.05, 0) is 18.9 Å². The van der Waals surface area contributed by atoms with Crippen molar-refractivity contribution in [2.45, 2.75) is 25.9 Å². The molecule has 1 aliphatic carbocycles. The van der Waals surface area contributed by atoms with Crippen LogP contribution < -0.4 is 0 Å². The molecule has 0 atom stereocenters. The van der Waals surface area contributed by atoms with Crippen molar-refractivity contribution in [1.29, 1.82) is 0 Å². The van der Waals surface area contributed by atoms with Crippen LogP contribution in [0.4, 0.5) is 8.78 Å². The molecule has 0 spiro atoms. The predicted octanol–water partition coefficient (Wildman–Crippen LogP) is 3.14. The second-order valence-corrected chi connectivity index (χ2v) is 3.83. The minimum atomic E-state index is -0.874. The first-order valence-corrected chi connectivity index (χ1v) is 5.28. The van der Waals surface area contributed by atoms with Gasteiger partial charge >= 0.3 is 0 Å². The summed E-state index contributed by atoms with van der Waals surface area (Å²) in [7, 11) is 0. The van der Waals surface area contributed by atoms with E-state index in [4.69, 9.17) is 4.84 Å². The van der Waals surface area contributed by atoms with Gasteiger partial charge in [0.2, 0.25) is 0 Å². The Bertz CT molecular complexity index is 389. The molecule has 0 bridgehead atoms. The van der Waals surface area contributed by atoms with Crippen LogP contribution >= 0.6 is 0 Å². The Hall–Kier alpha value is -1.45. The Morgan fingerprint density at radius 2 is 2.19 bits per heavy atom. The second-order valence-electron chi connectivity index (χ2n) is 3.83. The van der Waals surface area contributed by atoms with E-state index in [1.165, 1.54) is 18.6 Å². The van der Waals surface area contributed by atoms with Crippen LogP contribution in [0.15, 0.2) is 23.4 Å². The molecule has 1 radical (unpaired) electrons. The van der Waals surface area contributed by atoms with Gasteiger partial charge in [0.15, 0.2) is 11.6 Å². The number of rotatable bonds is 4. The normalized spacial score (nSPS) is 16.4. The molecule has 1 fully saturated rings. The summed E-state index contributed by atoms with van der Waals surface area (Å²) in [4.78, 5) is 4.87. The van der Waals surface area contributed by atoms with Crippen molar-refractivity contribution < 1.29 is 13.6 Å². The average molecular weight is 224 g/mol. The Kier molecular flexibility index (Phi) is 3.49. The molecular formula is C12H12F2NO. The summed E-state index contributed by atoms with van der Waals surface area (Å²) in [5.74, 6) is -1.37. The van der Waals surface area contributed by atoms with E-state index >= 15 is 0 Å². The molecular weight excluding hydrogens is 212 g/mol. The molecule has 2 nitrogen and oxygen atoms in total. The fraction of sp³-hybridized carbons (Fsp3) is 0.417. The summed E-state index contributed by atoms with van der Waals surface area (Å²) in [6.07, 6.45) is 6.18. The van der Waals surface area contributed by atoms with Crippen LogP contribution in [0, 0.1) is 17.6 Å². The maximum atomic E-state index is 13.1. The zero-order chi connectivity index (χ0) is 11.4. The van der Waals surface area contributed by atoms with Gasteiger partial charge in [-0.1, -0.05) is 23.7 Å². The van der Waals surface area contributed by atoms with Crippen molar-refractivity contribution >= 4 is 6.21 Å². The zero-order valence-electron chi connectivity index (χ0n) is 8.75. The number of benzene rings is 1. The molecule has 0 aromatic heterocycles. The summed E-state index contributed by atoms with van der Waals surface area (Å²) in [5.41, 5.74) is 0.166. The van der Waals surface area contributed by atoms with Crippen LogP contribution in [0.1, 0.15) is 24.8 Å². The van der Waals surface area contributed by atoms with Crippen LogP contribution in [0.2, 0.25) is 0 Å². The fourth-order valence-electron chi connectivity index (χ4n) is 1.41. The average Bonchev–Trinajstić information content (AvgIpc) is 2.21. The first kappa shape index (κ1) is 11.0. The van der Waals surface area contributed by atoms with E-state index in [0.29, 0.717) is 5.92 Å². The Labute approximate surface area is 92.9 Å². The van der Waals surface area contributed by atoms with E-state index in [0.717, 1.165) is 18.9 Å². The summed E-state index contributed by atoms with van der Waals surface area (Å²) in [6.45, 7) is -0.0662. The molecule has 1 aromatic carbocycles. The van der Waals surface area contributed by atoms with E-state index in [1.807, 2.05) is 0 Å². The molecule has 0 saturated heterocycles. The van der Waals surface area contributed by atoms with E-state index in [1.54, 1.807) is 0 Å². The van der Waals surface area contributed by atoms with Crippen LogP contribution in [0.5, 0.6) is 0 Å². The number of hydrogen-bond donors (Lipinski definition) is 0. The molecule has 0 unspecified atom stereocenters. The molecule has 0 heterocycles. The topological polar surface area (TPSA) is 21.6 Å². The second kappa shape index (κ2) is 5.05. The Morgan fingerprint density at radius 1 is 1.38 bits per heavy atom. The molecule has 4 heteroatoms. The summed E-state index contributed by atoms with van der Waals surface area (Å²) in [5, 5.41) is 3.62. The minimum Gasteiger partial charge on any atom is -0.391 e. The van der Waals surface area contributed by atoms with Crippen LogP contribution in [0.3, 0.4) is 0 Å². The predicted molar refractivity (Wildman–Crippen MR) is 55.9 cm³/mol. The molecule has 16 heavy (non-hydrogen) atoms. The van der Waals surface area contributed by atoms with Gasteiger partial charge < -0.3 is 4.84 Å². The molecule has 1 aliphatic rings. The minimum absolute atomic E-state index is 0.0662. The summed E-state index contributed by atoms with van der Waals surface area (Å²) in [6, 6.07) is 3.98. The highest BCUT2D eigenvalue weighted by Crippen LogP contribution is 2.24. The van der Waals surface area contributed by atoms with Crippen LogP contribution in [0.25, 0.3) is 0 Å². The van der Waals surface area contributed by atoms with Gasteiger partial charge in [-0.15, -0.1) is 0 Å². The highest BCUT2D eigenvalue weighted by Gasteiger charge is 2.15. The number of halogens is 2. The highest BCUT2D eigenvalue weighted by atomic mass is 19.2. The van der Waals surface area contributed by atoms with Gasteiger partial charge in [-0.25, -0.2) is 8.78 Å². The summed E-state index contributed by atoms with van der Waals surface area (Å²) >= 11 is 0. The first-order chi connectivity index (χ1) is 7.77. The third-order valence-electron chi connectivity index (χ3n) is 2.66. The quantitative estimate of drug-likeness (QED) is 0.568. The molecule has 0 N–H and O–H groups in total. The van der Waals surface area contributed by atoms with Gasteiger partial charge in [-0.2, -0.15) is 0 Å². The lowest BCUT2D eigenvalue weighted by Gasteiger charge is -2.18. The van der Waals surface area contributed by atoms with Crippen LogP contribution in [-0.2, 0) is 11.4 Å². The van der Waals surface area contributed by atoms with Crippen molar-refractivity contribution in [2.24, 2.45) is 11.1 Å². The lowest BCUT2D eigenvalue weighted by Crippen LogP contribution is -2.12. The SMILES string of the molecule is Fc1cccc(CO/N=[C]\C2CCC2)c1F. The van der Waals surface area contributed by atoms with Crippen molar-refractivity contribution in [3.63, 3.8) is 0 Å². The third kappa shape index (κ3) is 2.56. The van der Waals surface area contributed by atoms with Gasteiger partial charge in [-0.3, -0.25) is 0 Å². The van der Waals surface area contributed by atoms with E-state index in [-0.39, 0.29) is 12.2 Å². The maximum Gasteiger partial charge on any atom is 0.165 e. The van der Waals surface area contributed by atoms with Crippen molar-refractivity contribution in [3.8, 4) is 0 Å². The van der Waals surface area contributed by atoms with Crippen molar-refractivity contribution in [2.75, 3.05) is 0 Å². The smallest absolute Gasteiger partial charge is 0.165 e. The summed E-state index contributed by atoms with van der Waals surface area (Å²) < 4.78 is 26.0. The lowest BCUT2D eigenvalue weighted by atomic mass is 9.87. The first-order valence-electron chi connectivity index (χ1n) is 5.28. The standard InChI is InChI=1S/C12H12F2NO/c13-11-6-2-5-10(12(11)14)8-16-15-7-9-3-1-4-9/h2,5-6,9H,1,3-4,8H2. The highest BCUT2D eigenvalue weighted by molar-refractivity contribution is 5.60. The van der Waals surface area contributed by atoms with Crippen molar-refractivity contribution in [3.05, 3.63) is 35.4 Å². The van der Waals surface area contributed by atoms with Gasteiger partial charge in [0, 0.05) is 11.5 Å². The molecule has 1 saturated carbocycles. The fourth-order valence-corrected chi connectivity index (χ4v) is 1.41. The Balaban J connectivity index is 1.84.